The number of aryl methyl sites for hydroxylation is 1. The van der Waals surface area contributed by atoms with Gasteiger partial charge in [-0.05, 0) is 12.1 Å². The molecule has 2 aromatic heterocycles. The standard InChI is InChI=1S/C10H10Cl2N4/c1-16-10(7(12)5-15-16)8(13)9-6(11)3-2-4-14-9/h2-5,8H,13H2,1H3. The summed E-state index contributed by atoms with van der Waals surface area (Å²) in [6.45, 7) is 0. The van der Waals surface area contributed by atoms with Crippen LogP contribution < -0.4 is 5.73 Å². The van der Waals surface area contributed by atoms with Crippen LogP contribution in [0.1, 0.15) is 17.4 Å². The van der Waals surface area contributed by atoms with Crippen LogP contribution in [0, 0.1) is 0 Å². The van der Waals surface area contributed by atoms with Gasteiger partial charge in [-0.15, -0.1) is 0 Å². The van der Waals surface area contributed by atoms with E-state index in [4.69, 9.17) is 28.9 Å². The summed E-state index contributed by atoms with van der Waals surface area (Å²) in [6, 6.07) is 3.02. The van der Waals surface area contributed by atoms with Crippen molar-refractivity contribution < 1.29 is 0 Å². The van der Waals surface area contributed by atoms with E-state index in [2.05, 4.69) is 10.1 Å². The molecule has 2 aromatic rings. The Hall–Kier alpha value is -1.10. The van der Waals surface area contributed by atoms with Gasteiger partial charge in [0.2, 0.25) is 0 Å². The van der Waals surface area contributed by atoms with Crippen molar-refractivity contribution >= 4 is 23.2 Å². The number of hydrogen-bond donors (Lipinski definition) is 1. The zero-order chi connectivity index (χ0) is 11.7. The number of nitrogens with zero attached hydrogens (tertiary/aromatic N) is 3. The van der Waals surface area contributed by atoms with Gasteiger partial charge >= 0.3 is 0 Å². The Morgan fingerprint density at radius 1 is 1.38 bits per heavy atom. The maximum atomic E-state index is 6.07. The largest absolute Gasteiger partial charge is 0.318 e. The molecule has 6 heteroatoms. The van der Waals surface area contributed by atoms with Crippen molar-refractivity contribution in [3.05, 3.63) is 46.0 Å². The molecule has 0 spiro atoms. The molecule has 2 rings (SSSR count). The minimum atomic E-state index is -0.478. The molecule has 16 heavy (non-hydrogen) atoms. The highest BCUT2D eigenvalue weighted by Crippen LogP contribution is 2.28. The molecule has 0 bridgehead atoms. The van der Waals surface area contributed by atoms with Gasteiger partial charge in [-0.1, -0.05) is 23.2 Å². The Labute approximate surface area is 103 Å². The second-order valence-electron chi connectivity index (χ2n) is 3.35. The summed E-state index contributed by atoms with van der Waals surface area (Å²) in [5.41, 5.74) is 7.36. The summed E-state index contributed by atoms with van der Waals surface area (Å²) >= 11 is 12.0. The quantitative estimate of drug-likeness (QED) is 0.896. The molecule has 84 valence electrons. The molecule has 0 saturated heterocycles. The number of nitrogens with two attached hydrogens (primary N) is 1. The van der Waals surface area contributed by atoms with Crippen molar-refractivity contribution in [3.63, 3.8) is 0 Å². The number of aromatic nitrogens is 3. The van der Waals surface area contributed by atoms with Gasteiger partial charge in [-0.3, -0.25) is 9.67 Å². The average Bonchev–Trinajstić information content (AvgIpc) is 2.58. The lowest BCUT2D eigenvalue weighted by Crippen LogP contribution is -2.18. The van der Waals surface area contributed by atoms with Crippen molar-refractivity contribution in [1.82, 2.24) is 14.8 Å². The number of rotatable bonds is 2. The molecular formula is C10H10Cl2N4. The molecule has 0 fully saturated rings. The van der Waals surface area contributed by atoms with E-state index in [9.17, 15) is 0 Å². The zero-order valence-electron chi connectivity index (χ0n) is 8.56. The van der Waals surface area contributed by atoms with Gasteiger partial charge in [0.25, 0.3) is 0 Å². The summed E-state index contributed by atoms with van der Waals surface area (Å²) in [5.74, 6) is 0. The predicted octanol–water partition coefficient (Wildman–Crippen LogP) is 2.17. The first-order chi connectivity index (χ1) is 7.61. The first-order valence-corrected chi connectivity index (χ1v) is 5.40. The summed E-state index contributed by atoms with van der Waals surface area (Å²) in [4.78, 5) is 4.16. The van der Waals surface area contributed by atoms with Crippen molar-refractivity contribution in [1.29, 1.82) is 0 Å². The highest BCUT2D eigenvalue weighted by Gasteiger charge is 2.20. The van der Waals surface area contributed by atoms with E-state index in [1.807, 2.05) is 0 Å². The molecule has 0 amide bonds. The molecule has 4 nitrogen and oxygen atoms in total. The van der Waals surface area contributed by atoms with Crippen molar-refractivity contribution in [2.75, 3.05) is 0 Å². The normalized spacial score (nSPS) is 12.8. The Morgan fingerprint density at radius 3 is 2.69 bits per heavy atom. The molecule has 0 aliphatic carbocycles. The fourth-order valence-corrected chi connectivity index (χ4v) is 2.05. The third-order valence-electron chi connectivity index (χ3n) is 2.31. The predicted molar refractivity (Wildman–Crippen MR) is 63.5 cm³/mol. The number of hydrogen-bond acceptors (Lipinski definition) is 3. The van der Waals surface area contributed by atoms with Gasteiger partial charge in [-0.25, -0.2) is 0 Å². The lowest BCUT2D eigenvalue weighted by molar-refractivity contribution is 0.664. The Morgan fingerprint density at radius 2 is 2.12 bits per heavy atom. The van der Waals surface area contributed by atoms with Crippen molar-refractivity contribution in [2.24, 2.45) is 12.8 Å². The molecular weight excluding hydrogens is 247 g/mol. The SMILES string of the molecule is Cn1ncc(Cl)c1C(N)c1ncccc1Cl. The monoisotopic (exact) mass is 256 g/mol. The van der Waals surface area contributed by atoms with E-state index in [0.29, 0.717) is 21.4 Å². The summed E-state index contributed by atoms with van der Waals surface area (Å²) in [5, 5.41) is 5.06. The molecule has 0 aliphatic heterocycles. The first-order valence-electron chi connectivity index (χ1n) is 4.64. The van der Waals surface area contributed by atoms with Crippen molar-refractivity contribution in [2.45, 2.75) is 6.04 Å². The van der Waals surface area contributed by atoms with Crippen LogP contribution in [-0.2, 0) is 7.05 Å². The van der Waals surface area contributed by atoms with Gasteiger partial charge in [-0.2, -0.15) is 5.10 Å². The molecule has 0 aromatic carbocycles. The summed E-state index contributed by atoms with van der Waals surface area (Å²) < 4.78 is 1.62. The number of halogens is 2. The molecule has 0 aliphatic rings. The Bertz CT molecular complexity index is 490. The fourth-order valence-electron chi connectivity index (χ4n) is 1.53. The second kappa shape index (κ2) is 4.41. The van der Waals surface area contributed by atoms with Crippen LogP contribution in [0.5, 0.6) is 0 Å². The van der Waals surface area contributed by atoms with E-state index in [1.165, 1.54) is 0 Å². The summed E-state index contributed by atoms with van der Waals surface area (Å²) in [6.07, 6.45) is 3.19. The van der Waals surface area contributed by atoms with Crippen LogP contribution in [0.4, 0.5) is 0 Å². The highest BCUT2D eigenvalue weighted by molar-refractivity contribution is 6.32. The average molecular weight is 257 g/mol. The third-order valence-corrected chi connectivity index (χ3v) is 2.92. The van der Waals surface area contributed by atoms with Crippen LogP contribution in [-0.4, -0.2) is 14.8 Å². The zero-order valence-corrected chi connectivity index (χ0v) is 10.1. The van der Waals surface area contributed by atoms with Gasteiger partial charge in [0.1, 0.15) is 0 Å². The van der Waals surface area contributed by atoms with Crippen LogP contribution in [0.2, 0.25) is 10.0 Å². The van der Waals surface area contributed by atoms with E-state index in [-0.39, 0.29) is 0 Å². The maximum Gasteiger partial charge on any atom is 0.0927 e. The maximum absolute atomic E-state index is 6.07. The van der Waals surface area contributed by atoms with Crippen molar-refractivity contribution in [3.8, 4) is 0 Å². The molecule has 1 atom stereocenters. The summed E-state index contributed by atoms with van der Waals surface area (Å²) in [7, 11) is 1.78. The molecule has 0 radical (unpaired) electrons. The van der Waals surface area contributed by atoms with Crippen LogP contribution in [0.15, 0.2) is 24.5 Å². The highest BCUT2D eigenvalue weighted by atomic mass is 35.5. The minimum absolute atomic E-state index is 0.478. The van der Waals surface area contributed by atoms with Gasteiger partial charge in [0, 0.05) is 13.2 Å². The van der Waals surface area contributed by atoms with Gasteiger partial charge < -0.3 is 5.73 Å². The van der Waals surface area contributed by atoms with Crippen LogP contribution in [0.3, 0.4) is 0 Å². The molecule has 1 unspecified atom stereocenters. The van der Waals surface area contributed by atoms with Crippen LogP contribution in [0.25, 0.3) is 0 Å². The van der Waals surface area contributed by atoms with Gasteiger partial charge in [0.05, 0.1) is 33.7 Å². The van der Waals surface area contributed by atoms with E-state index in [0.717, 1.165) is 0 Å². The third kappa shape index (κ3) is 1.91. The minimum Gasteiger partial charge on any atom is -0.318 e. The molecule has 0 saturated carbocycles. The molecule has 2 N–H and O–H groups in total. The topological polar surface area (TPSA) is 56.7 Å². The Balaban J connectivity index is 2.47. The lowest BCUT2D eigenvalue weighted by atomic mass is 10.1. The second-order valence-corrected chi connectivity index (χ2v) is 4.16. The Kier molecular flexibility index (Phi) is 3.14. The van der Waals surface area contributed by atoms with E-state index < -0.39 is 6.04 Å². The lowest BCUT2D eigenvalue weighted by Gasteiger charge is -2.13. The first kappa shape index (κ1) is 11.4. The number of pyridine rings is 1. The smallest absolute Gasteiger partial charge is 0.0927 e. The molecule has 2 heterocycles. The fraction of sp³-hybridized carbons (Fsp3) is 0.200. The van der Waals surface area contributed by atoms with Gasteiger partial charge in [0.15, 0.2) is 0 Å². The van der Waals surface area contributed by atoms with E-state index in [1.54, 1.807) is 36.3 Å². The van der Waals surface area contributed by atoms with E-state index >= 15 is 0 Å². The van der Waals surface area contributed by atoms with Crippen LogP contribution >= 0.6 is 23.2 Å².